The summed E-state index contributed by atoms with van der Waals surface area (Å²) in [7, 11) is 0. The number of para-hydroxylation sites is 2. The molecule has 0 spiro atoms. The fourth-order valence-electron chi connectivity index (χ4n) is 3.32. The minimum Gasteiger partial charge on any atom is -0.366 e. The molecule has 2 aromatic rings. The molecule has 1 atom stereocenters. The van der Waals surface area contributed by atoms with E-state index in [-0.39, 0.29) is 17.8 Å². The molecule has 2 aliphatic rings. The zero-order valence-electron chi connectivity index (χ0n) is 13.6. The van der Waals surface area contributed by atoms with E-state index in [0.29, 0.717) is 13.1 Å². The van der Waals surface area contributed by atoms with Gasteiger partial charge >= 0.3 is 0 Å². The van der Waals surface area contributed by atoms with E-state index in [4.69, 9.17) is 0 Å². The first-order valence-electron chi connectivity index (χ1n) is 8.22. The van der Waals surface area contributed by atoms with Crippen LogP contribution in [0.15, 0.2) is 65.8 Å². The van der Waals surface area contributed by atoms with Crippen molar-refractivity contribution in [2.24, 2.45) is 5.10 Å². The predicted molar refractivity (Wildman–Crippen MR) is 96.1 cm³/mol. The predicted octanol–water partition coefficient (Wildman–Crippen LogP) is 2.06. The van der Waals surface area contributed by atoms with E-state index in [1.165, 1.54) is 0 Å². The van der Waals surface area contributed by atoms with E-state index in [1.54, 1.807) is 9.91 Å². The molecule has 2 aliphatic heterocycles. The SMILES string of the molecule is N#CC1=NN(c2ccccc2)[C@H]2CN(c3ccccc3)CCN2C1=O. The van der Waals surface area contributed by atoms with Crippen LogP contribution in [0.5, 0.6) is 0 Å². The molecule has 0 bridgehead atoms. The van der Waals surface area contributed by atoms with Crippen molar-refractivity contribution in [1.29, 1.82) is 5.26 Å². The molecule has 0 radical (unpaired) electrons. The second kappa shape index (κ2) is 6.29. The second-order valence-electron chi connectivity index (χ2n) is 6.00. The van der Waals surface area contributed by atoms with Gasteiger partial charge in [-0.3, -0.25) is 4.79 Å². The Kier molecular flexibility index (Phi) is 3.82. The van der Waals surface area contributed by atoms with Gasteiger partial charge in [0.25, 0.3) is 5.91 Å². The minimum absolute atomic E-state index is 0.0618. The lowest BCUT2D eigenvalue weighted by Gasteiger charge is -2.47. The maximum Gasteiger partial charge on any atom is 0.287 e. The van der Waals surface area contributed by atoms with Crippen LogP contribution >= 0.6 is 0 Å². The number of hydrogen-bond acceptors (Lipinski definition) is 5. The van der Waals surface area contributed by atoms with Crippen molar-refractivity contribution in [2.75, 3.05) is 29.5 Å². The van der Waals surface area contributed by atoms with Crippen LogP contribution in [-0.4, -0.2) is 42.3 Å². The van der Waals surface area contributed by atoms with Gasteiger partial charge in [-0.05, 0) is 24.3 Å². The summed E-state index contributed by atoms with van der Waals surface area (Å²) in [6.07, 6.45) is -0.235. The summed E-state index contributed by atoms with van der Waals surface area (Å²) < 4.78 is 0. The topological polar surface area (TPSA) is 62.9 Å². The van der Waals surface area contributed by atoms with Crippen molar-refractivity contribution in [1.82, 2.24) is 4.90 Å². The van der Waals surface area contributed by atoms with Gasteiger partial charge in [0.2, 0.25) is 5.71 Å². The number of carbonyl (C=O) groups excluding carboxylic acids is 1. The molecule has 0 aliphatic carbocycles. The van der Waals surface area contributed by atoms with Crippen molar-refractivity contribution < 1.29 is 4.79 Å². The Morgan fingerprint density at radius 2 is 1.60 bits per heavy atom. The molecule has 4 rings (SSSR count). The van der Waals surface area contributed by atoms with Gasteiger partial charge < -0.3 is 9.80 Å². The van der Waals surface area contributed by atoms with Crippen LogP contribution < -0.4 is 9.91 Å². The van der Waals surface area contributed by atoms with E-state index >= 15 is 0 Å². The molecule has 25 heavy (non-hydrogen) atoms. The lowest BCUT2D eigenvalue weighted by molar-refractivity contribution is -0.127. The monoisotopic (exact) mass is 331 g/mol. The van der Waals surface area contributed by atoms with Gasteiger partial charge in [0.15, 0.2) is 0 Å². The van der Waals surface area contributed by atoms with Gasteiger partial charge in [0.1, 0.15) is 12.2 Å². The highest BCUT2D eigenvalue weighted by Crippen LogP contribution is 2.28. The van der Waals surface area contributed by atoms with Crippen LogP contribution in [0.2, 0.25) is 0 Å². The first-order valence-corrected chi connectivity index (χ1v) is 8.22. The Hall–Kier alpha value is -3.33. The first kappa shape index (κ1) is 15.2. The molecule has 0 aromatic heterocycles. The Morgan fingerprint density at radius 1 is 0.960 bits per heavy atom. The standard InChI is InChI=1S/C19H17N5O/c20-13-17-19(25)23-12-11-22(15-7-3-1-4-8-15)14-18(23)24(21-17)16-9-5-2-6-10-16/h1-10,18H,11-12,14H2/t18-/m0/s1. The van der Waals surface area contributed by atoms with Crippen LogP contribution in [-0.2, 0) is 4.79 Å². The average Bonchev–Trinajstić information content (AvgIpc) is 2.69. The van der Waals surface area contributed by atoms with Crippen molar-refractivity contribution in [2.45, 2.75) is 6.17 Å². The number of benzene rings is 2. The van der Waals surface area contributed by atoms with Crippen molar-refractivity contribution in [3.05, 3.63) is 60.7 Å². The fourth-order valence-corrected chi connectivity index (χ4v) is 3.32. The van der Waals surface area contributed by atoms with Crippen LogP contribution in [0.4, 0.5) is 11.4 Å². The van der Waals surface area contributed by atoms with E-state index in [1.807, 2.05) is 54.6 Å². The number of carbonyl (C=O) groups is 1. The third kappa shape index (κ3) is 2.70. The number of fused-ring (bicyclic) bond motifs is 1. The third-order valence-corrected chi connectivity index (χ3v) is 4.56. The molecule has 6 heteroatoms. The molecular weight excluding hydrogens is 314 g/mol. The molecule has 1 saturated heterocycles. The third-order valence-electron chi connectivity index (χ3n) is 4.56. The van der Waals surface area contributed by atoms with Crippen LogP contribution in [0.1, 0.15) is 0 Å². The number of hydrogen-bond donors (Lipinski definition) is 0. The summed E-state index contributed by atoms with van der Waals surface area (Å²) in [4.78, 5) is 16.5. The van der Waals surface area contributed by atoms with Crippen molar-refractivity contribution in [3.63, 3.8) is 0 Å². The number of piperazine rings is 1. The molecule has 1 amide bonds. The Bertz CT molecular complexity index is 843. The Labute approximate surface area is 146 Å². The first-order chi connectivity index (χ1) is 12.3. The summed E-state index contributed by atoms with van der Waals surface area (Å²) in [5.41, 5.74) is 1.93. The van der Waals surface area contributed by atoms with Gasteiger partial charge in [-0.15, -0.1) is 0 Å². The highest BCUT2D eigenvalue weighted by Gasteiger charge is 2.40. The Morgan fingerprint density at radius 3 is 2.24 bits per heavy atom. The van der Waals surface area contributed by atoms with Crippen LogP contribution in [0, 0.1) is 11.3 Å². The highest BCUT2D eigenvalue weighted by molar-refractivity contribution is 6.45. The maximum absolute atomic E-state index is 12.5. The van der Waals surface area contributed by atoms with Gasteiger partial charge in [-0.25, -0.2) is 5.01 Å². The molecule has 124 valence electrons. The molecule has 0 unspecified atom stereocenters. The normalized spacial score (nSPS) is 20.0. The average molecular weight is 331 g/mol. The summed E-state index contributed by atoms with van der Waals surface area (Å²) in [6, 6.07) is 21.7. The van der Waals surface area contributed by atoms with E-state index in [9.17, 15) is 10.1 Å². The van der Waals surface area contributed by atoms with E-state index in [2.05, 4.69) is 22.1 Å². The quantitative estimate of drug-likeness (QED) is 0.845. The molecular formula is C19H17N5O. The summed E-state index contributed by atoms with van der Waals surface area (Å²) in [6.45, 7) is 1.92. The molecule has 2 aromatic carbocycles. The zero-order valence-corrected chi connectivity index (χ0v) is 13.6. The van der Waals surface area contributed by atoms with Gasteiger partial charge in [-0.2, -0.15) is 10.4 Å². The molecule has 2 heterocycles. The summed E-state index contributed by atoms with van der Waals surface area (Å²) in [5.74, 6) is -0.285. The number of hydrazone groups is 1. The van der Waals surface area contributed by atoms with E-state index in [0.717, 1.165) is 17.9 Å². The minimum atomic E-state index is -0.285. The molecule has 0 N–H and O–H groups in total. The van der Waals surface area contributed by atoms with Crippen molar-refractivity contribution >= 4 is 23.0 Å². The van der Waals surface area contributed by atoms with E-state index < -0.39 is 0 Å². The fraction of sp³-hybridized carbons (Fsp3) is 0.211. The largest absolute Gasteiger partial charge is 0.366 e. The zero-order chi connectivity index (χ0) is 17.2. The number of anilines is 2. The van der Waals surface area contributed by atoms with Gasteiger partial charge in [0, 0.05) is 18.8 Å². The van der Waals surface area contributed by atoms with Gasteiger partial charge in [0.05, 0.1) is 12.2 Å². The summed E-state index contributed by atoms with van der Waals surface area (Å²) >= 11 is 0. The highest BCUT2D eigenvalue weighted by atomic mass is 16.2. The maximum atomic E-state index is 12.5. The van der Waals surface area contributed by atoms with Crippen LogP contribution in [0.3, 0.4) is 0 Å². The summed E-state index contributed by atoms with van der Waals surface area (Å²) in [5, 5.41) is 15.4. The number of nitriles is 1. The number of nitrogens with zero attached hydrogens (tertiary/aromatic N) is 5. The molecule has 0 saturated carbocycles. The smallest absolute Gasteiger partial charge is 0.287 e. The Balaban J connectivity index is 1.71. The second-order valence-corrected chi connectivity index (χ2v) is 6.00. The molecule has 6 nitrogen and oxygen atoms in total. The lowest BCUT2D eigenvalue weighted by Crippen LogP contribution is -2.64. The molecule has 1 fully saturated rings. The van der Waals surface area contributed by atoms with Crippen molar-refractivity contribution in [3.8, 4) is 6.07 Å². The lowest BCUT2D eigenvalue weighted by atomic mass is 10.1. The van der Waals surface area contributed by atoms with Gasteiger partial charge in [-0.1, -0.05) is 36.4 Å². The number of rotatable bonds is 2. The van der Waals surface area contributed by atoms with Crippen LogP contribution in [0.25, 0.3) is 0 Å². The number of amides is 1.